The van der Waals surface area contributed by atoms with Crippen molar-refractivity contribution in [2.45, 2.75) is 25.4 Å². The maximum Gasteiger partial charge on any atom is 0.223 e. The van der Waals surface area contributed by atoms with Gasteiger partial charge in [0.25, 0.3) is 0 Å². The van der Waals surface area contributed by atoms with Crippen LogP contribution in [0.15, 0.2) is 36.7 Å². The molecule has 2 saturated heterocycles. The van der Waals surface area contributed by atoms with Gasteiger partial charge in [-0.1, -0.05) is 12.1 Å². The van der Waals surface area contributed by atoms with Crippen LogP contribution in [0.3, 0.4) is 0 Å². The topological polar surface area (TPSA) is 96.5 Å². The molecule has 9 nitrogen and oxygen atoms in total. The molecule has 1 N–H and O–H groups in total. The van der Waals surface area contributed by atoms with Gasteiger partial charge >= 0.3 is 0 Å². The number of fused-ring (bicyclic) bond motifs is 1. The number of imidazole rings is 1. The van der Waals surface area contributed by atoms with Crippen LogP contribution in [0.2, 0.25) is 0 Å². The van der Waals surface area contributed by atoms with E-state index in [1.165, 1.54) is 6.33 Å². The van der Waals surface area contributed by atoms with Crippen LogP contribution in [0.1, 0.15) is 18.7 Å². The Bertz CT molecular complexity index is 1020. The molecule has 2 fully saturated rings. The van der Waals surface area contributed by atoms with Gasteiger partial charge in [0.2, 0.25) is 11.8 Å². The number of anilines is 1. The van der Waals surface area contributed by atoms with Gasteiger partial charge in [-0.3, -0.25) is 4.79 Å². The lowest BCUT2D eigenvalue weighted by atomic mass is 10.2. The Kier molecular flexibility index (Phi) is 5.66. The monoisotopic (exact) mass is 422 g/mol. The summed E-state index contributed by atoms with van der Waals surface area (Å²) in [5.74, 6) is 2.38. The van der Waals surface area contributed by atoms with Crippen LogP contribution in [0.25, 0.3) is 11.0 Å². The van der Waals surface area contributed by atoms with Crippen LogP contribution in [0.4, 0.5) is 5.82 Å². The molecule has 0 saturated carbocycles. The Labute approximate surface area is 180 Å². The molecule has 2 aliphatic rings. The number of hydrogen-bond donors (Lipinski definition) is 1. The molecule has 5 rings (SSSR count). The van der Waals surface area contributed by atoms with Crippen molar-refractivity contribution in [2.24, 2.45) is 0 Å². The largest absolute Gasteiger partial charge is 0.472 e. The van der Waals surface area contributed by atoms with Gasteiger partial charge in [-0.05, 0) is 12.1 Å². The van der Waals surface area contributed by atoms with E-state index < -0.39 is 0 Å². The summed E-state index contributed by atoms with van der Waals surface area (Å²) in [6, 6.07) is 9.77. The normalized spacial score (nSPS) is 19.2. The average Bonchev–Trinajstić information content (AvgIpc) is 3.45. The van der Waals surface area contributed by atoms with Crippen molar-refractivity contribution in [1.29, 1.82) is 0 Å². The number of aromatic nitrogens is 4. The Morgan fingerprint density at radius 2 is 2.06 bits per heavy atom. The molecule has 162 valence electrons. The number of nitrogens with zero attached hydrogens (tertiary/aromatic N) is 5. The van der Waals surface area contributed by atoms with Crippen molar-refractivity contribution in [2.75, 3.05) is 44.3 Å². The number of nitrogens with one attached hydrogen (secondary N) is 1. The highest BCUT2D eigenvalue weighted by molar-refractivity contribution is 5.77. The summed E-state index contributed by atoms with van der Waals surface area (Å²) >= 11 is 0. The Morgan fingerprint density at radius 3 is 2.94 bits per heavy atom. The summed E-state index contributed by atoms with van der Waals surface area (Å²) in [7, 11) is 0. The molecular formula is C22H26N6O3. The van der Waals surface area contributed by atoms with Gasteiger partial charge in [0, 0.05) is 45.0 Å². The molecule has 1 unspecified atom stereocenters. The number of likely N-dealkylation sites (tertiary alicyclic amines) is 1. The van der Waals surface area contributed by atoms with Gasteiger partial charge in [-0.25, -0.2) is 15.0 Å². The average molecular weight is 422 g/mol. The molecule has 4 heterocycles. The van der Waals surface area contributed by atoms with Crippen LogP contribution in [0, 0.1) is 0 Å². The molecule has 0 spiro atoms. The first kappa shape index (κ1) is 19.7. The second kappa shape index (κ2) is 8.89. The zero-order valence-electron chi connectivity index (χ0n) is 17.4. The summed E-state index contributed by atoms with van der Waals surface area (Å²) < 4.78 is 11.5. The Morgan fingerprint density at radius 1 is 1.19 bits per heavy atom. The number of H-pyrrole nitrogens is 1. The highest BCUT2D eigenvalue weighted by Crippen LogP contribution is 2.21. The van der Waals surface area contributed by atoms with Crippen molar-refractivity contribution in [3.8, 4) is 5.88 Å². The second-order valence-electron chi connectivity index (χ2n) is 7.88. The standard InChI is InChI=1S/C22H26N6O3/c29-22(6-5-19-25-17-3-1-2-4-18(17)26-19)28-8-7-16(14-28)31-21-13-20(23-15-24-21)27-9-11-30-12-10-27/h1-4,13,15-16H,5-12,14H2,(H,25,26). The third kappa shape index (κ3) is 4.61. The second-order valence-corrected chi connectivity index (χ2v) is 7.88. The Hall–Kier alpha value is -3.20. The predicted octanol–water partition coefficient (Wildman–Crippen LogP) is 1.80. The fraction of sp³-hybridized carbons (Fsp3) is 0.455. The number of para-hydroxylation sites is 2. The molecule has 9 heteroatoms. The van der Waals surface area contributed by atoms with Gasteiger partial charge in [-0.15, -0.1) is 0 Å². The number of ether oxygens (including phenoxy) is 2. The van der Waals surface area contributed by atoms with Crippen molar-refractivity contribution < 1.29 is 14.3 Å². The first-order valence-corrected chi connectivity index (χ1v) is 10.8. The molecule has 1 amide bonds. The maximum atomic E-state index is 12.7. The van der Waals surface area contributed by atoms with E-state index in [0.717, 1.165) is 42.2 Å². The van der Waals surface area contributed by atoms with E-state index >= 15 is 0 Å². The van der Waals surface area contributed by atoms with Crippen LogP contribution >= 0.6 is 0 Å². The number of rotatable bonds is 6. The van der Waals surface area contributed by atoms with E-state index in [9.17, 15) is 4.79 Å². The minimum atomic E-state index is -0.0532. The molecule has 3 aromatic rings. The van der Waals surface area contributed by atoms with E-state index in [1.54, 1.807) is 0 Å². The maximum absolute atomic E-state index is 12.7. The summed E-state index contributed by atoms with van der Waals surface area (Å²) in [4.78, 5) is 33.2. The number of benzene rings is 1. The first-order chi connectivity index (χ1) is 15.2. The lowest BCUT2D eigenvalue weighted by Gasteiger charge is -2.27. The van der Waals surface area contributed by atoms with Crippen molar-refractivity contribution in [3.05, 3.63) is 42.5 Å². The van der Waals surface area contributed by atoms with E-state index in [1.807, 2.05) is 35.2 Å². The summed E-state index contributed by atoms with van der Waals surface area (Å²) in [6.45, 7) is 4.31. The van der Waals surface area contributed by atoms with Gasteiger partial charge in [0.05, 0.1) is 30.8 Å². The first-order valence-electron chi connectivity index (χ1n) is 10.8. The number of aromatic amines is 1. The summed E-state index contributed by atoms with van der Waals surface area (Å²) in [6.07, 6.45) is 3.31. The number of carbonyl (C=O) groups excluding carboxylic acids is 1. The van der Waals surface area contributed by atoms with Crippen LogP contribution in [-0.2, 0) is 16.0 Å². The number of carbonyl (C=O) groups is 1. The van der Waals surface area contributed by atoms with Crippen LogP contribution in [-0.4, -0.2) is 76.2 Å². The summed E-state index contributed by atoms with van der Waals surface area (Å²) in [5, 5.41) is 0. The van der Waals surface area contributed by atoms with Crippen molar-refractivity contribution in [1.82, 2.24) is 24.8 Å². The van der Waals surface area contributed by atoms with E-state index in [0.29, 0.717) is 45.0 Å². The van der Waals surface area contributed by atoms with Gasteiger partial charge in [0.15, 0.2) is 0 Å². The fourth-order valence-corrected chi connectivity index (χ4v) is 4.09. The number of amides is 1. The molecule has 0 bridgehead atoms. The van der Waals surface area contributed by atoms with E-state index in [-0.39, 0.29) is 12.0 Å². The minimum absolute atomic E-state index is 0.0532. The van der Waals surface area contributed by atoms with E-state index in [2.05, 4.69) is 24.8 Å². The predicted molar refractivity (Wildman–Crippen MR) is 115 cm³/mol. The third-order valence-corrected chi connectivity index (χ3v) is 5.76. The van der Waals surface area contributed by atoms with Gasteiger partial charge in [0.1, 0.15) is 24.1 Å². The highest BCUT2D eigenvalue weighted by Gasteiger charge is 2.28. The molecule has 1 aromatic carbocycles. The summed E-state index contributed by atoms with van der Waals surface area (Å²) in [5.41, 5.74) is 1.93. The fourth-order valence-electron chi connectivity index (χ4n) is 4.09. The van der Waals surface area contributed by atoms with Crippen molar-refractivity contribution >= 4 is 22.8 Å². The van der Waals surface area contributed by atoms with Crippen molar-refractivity contribution in [3.63, 3.8) is 0 Å². The molecule has 2 aliphatic heterocycles. The highest BCUT2D eigenvalue weighted by atomic mass is 16.5. The van der Waals surface area contributed by atoms with Crippen LogP contribution < -0.4 is 9.64 Å². The molecular weight excluding hydrogens is 396 g/mol. The smallest absolute Gasteiger partial charge is 0.223 e. The number of aryl methyl sites for hydroxylation is 1. The molecule has 0 aliphatic carbocycles. The zero-order chi connectivity index (χ0) is 21.0. The third-order valence-electron chi connectivity index (χ3n) is 5.76. The quantitative estimate of drug-likeness (QED) is 0.647. The van der Waals surface area contributed by atoms with E-state index in [4.69, 9.17) is 9.47 Å². The molecule has 1 atom stereocenters. The lowest BCUT2D eigenvalue weighted by Crippen LogP contribution is -2.36. The molecule has 0 radical (unpaired) electrons. The van der Waals surface area contributed by atoms with Crippen LogP contribution in [0.5, 0.6) is 5.88 Å². The lowest BCUT2D eigenvalue weighted by molar-refractivity contribution is -0.130. The SMILES string of the molecule is O=C(CCc1nc2ccccc2[nH]1)N1CCC(Oc2cc(N3CCOCC3)ncn2)C1. The zero-order valence-corrected chi connectivity index (χ0v) is 17.4. The number of morpholine rings is 1. The molecule has 31 heavy (non-hydrogen) atoms. The Balaban J connectivity index is 1.13. The minimum Gasteiger partial charge on any atom is -0.472 e. The van der Waals surface area contributed by atoms with Gasteiger partial charge in [-0.2, -0.15) is 0 Å². The number of hydrogen-bond acceptors (Lipinski definition) is 7. The molecule has 2 aromatic heterocycles. The van der Waals surface area contributed by atoms with Gasteiger partial charge < -0.3 is 24.3 Å².